The van der Waals surface area contributed by atoms with Crippen LogP contribution >= 0.6 is 0 Å². The van der Waals surface area contributed by atoms with Crippen molar-refractivity contribution in [3.8, 4) is 28.0 Å². The fraction of sp³-hybridized carbons (Fsp3) is 0.0476. The van der Waals surface area contributed by atoms with Crippen molar-refractivity contribution in [3.05, 3.63) is 90.2 Å². The second-order valence-corrected chi connectivity index (χ2v) is 5.73. The zero-order valence-electron chi connectivity index (χ0n) is 13.8. The van der Waals surface area contributed by atoms with Crippen LogP contribution in [0.25, 0.3) is 22.3 Å². The molecule has 0 unspecified atom stereocenters. The van der Waals surface area contributed by atoms with Gasteiger partial charge in [0.1, 0.15) is 5.82 Å². The molecule has 0 fully saturated rings. The molecule has 26 heavy (non-hydrogen) atoms. The summed E-state index contributed by atoms with van der Waals surface area (Å²) in [4.78, 5) is 0. The van der Waals surface area contributed by atoms with Crippen LogP contribution in [0.1, 0.15) is 5.56 Å². The summed E-state index contributed by atoms with van der Waals surface area (Å²) in [7, 11) is 0. The van der Waals surface area contributed by atoms with Crippen LogP contribution < -0.4 is 4.74 Å². The van der Waals surface area contributed by atoms with Gasteiger partial charge in [-0.25, -0.2) is 8.78 Å². The van der Waals surface area contributed by atoms with Crippen LogP contribution in [0.5, 0.6) is 5.75 Å². The summed E-state index contributed by atoms with van der Waals surface area (Å²) < 4.78 is 57.1. The van der Waals surface area contributed by atoms with E-state index in [1.807, 2.05) is 31.2 Å². The lowest BCUT2D eigenvalue weighted by Gasteiger charge is -2.09. The number of rotatable bonds is 4. The molecule has 0 aromatic heterocycles. The van der Waals surface area contributed by atoms with E-state index >= 15 is 0 Å². The van der Waals surface area contributed by atoms with Crippen LogP contribution in [0.3, 0.4) is 0 Å². The largest absolute Gasteiger partial charge is 0.456 e. The fourth-order valence-corrected chi connectivity index (χ4v) is 2.55. The Kier molecular flexibility index (Phi) is 5.07. The van der Waals surface area contributed by atoms with E-state index in [0.29, 0.717) is 5.56 Å². The number of ether oxygens (including phenoxy) is 1. The van der Waals surface area contributed by atoms with Crippen molar-refractivity contribution in [2.45, 2.75) is 6.92 Å². The molecule has 0 aliphatic carbocycles. The van der Waals surface area contributed by atoms with Crippen LogP contribution in [0.15, 0.2) is 73.0 Å². The van der Waals surface area contributed by atoms with Crippen LogP contribution in [-0.2, 0) is 0 Å². The van der Waals surface area contributed by atoms with Crippen LogP contribution in [-0.4, -0.2) is 0 Å². The van der Waals surface area contributed by atoms with Crippen LogP contribution in [0.2, 0.25) is 0 Å². The van der Waals surface area contributed by atoms with Gasteiger partial charge in [0, 0.05) is 5.56 Å². The number of hydrogen-bond donors (Lipinski definition) is 0. The molecule has 0 aliphatic rings. The molecule has 1 nitrogen and oxygen atoms in total. The average Bonchev–Trinajstić information content (AvgIpc) is 2.61. The Hall–Kier alpha value is -3.08. The number of aryl methyl sites for hydroxylation is 1. The first-order chi connectivity index (χ1) is 12.4. The molecule has 132 valence electrons. The molecule has 3 rings (SSSR count). The summed E-state index contributed by atoms with van der Waals surface area (Å²) in [6, 6.07) is 16.0. The van der Waals surface area contributed by atoms with Crippen molar-refractivity contribution < 1.29 is 22.3 Å². The van der Waals surface area contributed by atoms with Crippen LogP contribution in [0.4, 0.5) is 17.6 Å². The standard InChI is InChI=1S/C21H14F4O/c1-13-2-4-14(5-3-13)15-6-8-17(18(22)10-15)16-7-9-20(19(23)11-16)26-12-21(24)25/h2-12H,1H3. The first-order valence-corrected chi connectivity index (χ1v) is 7.78. The summed E-state index contributed by atoms with van der Waals surface area (Å²) in [6.07, 6.45) is -1.93. The number of halogens is 4. The summed E-state index contributed by atoms with van der Waals surface area (Å²) in [5.41, 5.74) is 3.17. The molecule has 3 aromatic rings. The lowest BCUT2D eigenvalue weighted by molar-refractivity contribution is 0.356. The lowest BCUT2D eigenvalue weighted by Crippen LogP contribution is -1.91. The van der Waals surface area contributed by atoms with Gasteiger partial charge in [0.15, 0.2) is 17.8 Å². The van der Waals surface area contributed by atoms with Gasteiger partial charge < -0.3 is 4.74 Å². The Balaban J connectivity index is 1.91. The smallest absolute Gasteiger partial charge is 0.305 e. The molecule has 0 N–H and O–H groups in total. The zero-order chi connectivity index (χ0) is 18.7. The van der Waals surface area contributed by atoms with Gasteiger partial charge in [0.05, 0.1) is 0 Å². The lowest BCUT2D eigenvalue weighted by atomic mass is 9.99. The van der Waals surface area contributed by atoms with Gasteiger partial charge in [-0.05, 0) is 41.8 Å². The molecule has 0 spiro atoms. The minimum absolute atomic E-state index is 0.148. The van der Waals surface area contributed by atoms with Crippen molar-refractivity contribution in [2.75, 3.05) is 0 Å². The summed E-state index contributed by atoms with van der Waals surface area (Å²) in [6.45, 7) is 1.97. The van der Waals surface area contributed by atoms with Crippen molar-refractivity contribution in [2.24, 2.45) is 0 Å². The molecule has 5 heteroatoms. The van der Waals surface area contributed by atoms with E-state index in [0.717, 1.165) is 17.2 Å². The quantitative estimate of drug-likeness (QED) is 0.371. The Morgan fingerprint density at radius 3 is 2.00 bits per heavy atom. The maximum absolute atomic E-state index is 14.5. The van der Waals surface area contributed by atoms with Gasteiger partial charge in [0.2, 0.25) is 0 Å². The van der Waals surface area contributed by atoms with Crippen molar-refractivity contribution in [3.63, 3.8) is 0 Å². The van der Waals surface area contributed by atoms with E-state index < -0.39 is 17.7 Å². The van der Waals surface area contributed by atoms with E-state index in [4.69, 9.17) is 0 Å². The molecule has 0 bridgehead atoms. The van der Waals surface area contributed by atoms with E-state index in [-0.39, 0.29) is 23.1 Å². The average molecular weight is 358 g/mol. The van der Waals surface area contributed by atoms with E-state index in [1.165, 1.54) is 18.2 Å². The molecule has 0 heterocycles. The molecule has 0 saturated heterocycles. The highest BCUT2D eigenvalue weighted by Crippen LogP contribution is 2.31. The highest BCUT2D eigenvalue weighted by Gasteiger charge is 2.11. The third-order valence-corrected chi connectivity index (χ3v) is 3.87. The van der Waals surface area contributed by atoms with Crippen LogP contribution in [0, 0.1) is 18.6 Å². The summed E-state index contributed by atoms with van der Waals surface area (Å²) in [5.74, 6) is -1.73. The van der Waals surface area contributed by atoms with Gasteiger partial charge in [-0.2, -0.15) is 8.78 Å². The maximum Gasteiger partial charge on any atom is 0.305 e. The predicted octanol–water partition coefficient (Wildman–Crippen LogP) is 6.72. The summed E-state index contributed by atoms with van der Waals surface area (Å²) in [5, 5.41) is 0. The Morgan fingerprint density at radius 2 is 1.38 bits per heavy atom. The highest BCUT2D eigenvalue weighted by atomic mass is 19.3. The van der Waals surface area contributed by atoms with Crippen molar-refractivity contribution in [1.29, 1.82) is 0 Å². The van der Waals surface area contributed by atoms with E-state index in [9.17, 15) is 17.6 Å². The Labute approximate surface area is 148 Å². The molecule has 3 aromatic carbocycles. The molecule has 0 saturated carbocycles. The van der Waals surface area contributed by atoms with Crippen molar-refractivity contribution in [1.82, 2.24) is 0 Å². The fourth-order valence-electron chi connectivity index (χ4n) is 2.55. The minimum atomic E-state index is -2.08. The number of hydrogen-bond acceptors (Lipinski definition) is 1. The maximum atomic E-state index is 14.5. The third kappa shape index (κ3) is 3.94. The van der Waals surface area contributed by atoms with Crippen molar-refractivity contribution >= 4 is 0 Å². The van der Waals surface area contributed by atoms with E-state index in [1.54, 1.807) is 12.1 Å². The zero-order valence-corrected chi connectivity index (χ0v) is 13.8. The Bertz CT molecular complexity index is 958. The molecule has 0 amide bonds. The summed E-state index contributed by atoms with van der Waals surface area (Å²) >= 11 is 0. The highest BCUT2D eigenvalue weighted by molar-refractivity contribution is 5.71. The SMILES string of the molecule is Cc1ccc(-c2ccc(-c3ccc(OC=C(F)F)c(F)c3)c(F)c2)cc1. The second kappa shape index (κ2) is 7.44. The Morgan fingerprint density at radius 1 is 0.769 bits per heavy atom. The number of benzene rings is 3. The third-order valence-electron chi connectivity index (χ3n) is 3.87. The van der Waals surface area contributed by atoms with E-state index in [2.05, 4.69) is 4.74 Å². The normalized spacial score (nSPS) is 10.5. The predicted molar refractivity (Wildman–Crippen MR) is 92.9 cm³/mol. The van der Waals surface area contributed by atoms with Gasteiger partial charge in [-0.1, -0.05) is 48.0 Å². The van der Waals surface area contributed by atoms with Gasteiger partial charge >= 0.3 is 6.08 Å². The second-order valence-electron chi connectivity index (χ2n) is 5.73. The molecule has 0 radical (unpaired) electrons. The molecular formula is C21H14F4O. The van der Waals surface area contributed by atoms with Gasteiger partial charge in [-0.15, -0.1) is 0 Å². The van der Waals surface area contributed by atoms with Gasteiger partial charge in [0.25, 0.3) is 0 Å². The van der Waals surface area contributed by atoms with Gasteiger partial charge in [-0.3, -0.25) is 0 Å². The minimum Gasteiger partial charge on any atom is -0.456 e. The molecular weight excluding hydrogens is 344 g/mol. The monoisotopic (exact) mass is 358 g/mol. The molecule has 0 aliphatic heterocycles. The topological polar surface area (TPSA) is 9.23 Å². The molecule has 0 atom stereocenters. The first-order valence-electron chi connectivity index (χ1n) is 7.78. The first kappa shape index (κ1) is 17.7.